The van der Waals surface area contributed by atoms with Crippen LogP contribution in [0.3, 0.4) is 0 Å². The average Bonchev–Trinajstić information content (AvgIpc) is 3.20. The summed E-state index contributed by atoms with van der Waals surface area (Å²) < 4.78 is 14.6. The fourth-order valence-corrected chi connectivity index (χ4v) is 4.26. The average molecular weight is 386 g/mol. The van der Waals surface area contributed by atoms with Gasteiger partial charge in [0.1, 0.15) is 11.4 Å². The van der Waals surface area contributed by atoms with Gasteiger partial charge < -0.3 is 26.5 Å². The molecule has 0 saturated heterocycles. The van der Waals surface area contributed by atoms with Crippen molar-refractivity contribution in [2.24, 2.45) is 5.73 Å². The van der Waals surface area contributed by atoms with Crippen molar-refractivity contribution >= 4 is 34.3 Å². The van der Waals surface area contributed by atoms with E-state index in [1.54, 1.807) is 22.4 Å². The van der Waals surface area contributed by atoms with Crippen LogP contribution in [0.1, 0.15) is 26.7 Å². The topological polar surface area (TPSA) is 125 Å². The molecular weight excluding hydrogens is 371 g/mol. The number of H-pyrrole nitrogens is 1. The van der Waals surface area contributed by atoms with Crippen LogP contribution in [-0.4, -0.2) is 22.5 Å². The number of carbonyl (C=O) groups excluding carboxylic acids is 1. The molecule has 1 aliphatic heterocycles. The highest BCUT2D eigenvalue weighted by molar-refractivity contribution is 7.12. The standard InChI is InChI=1S/C18H15FN4O3S/c19-11-4-9(20)5-13(24)16(11)23-6-10(8-3-14(17(21)25)27-7-8)15-12(23)1-2-22-18(15)26/h1-5,7,10,24H,6,20H2,(H2,21,25)(H,22,26). The Kier molecular flexibility index (Phi) is 3.88. The number of nitrogens with two attached hydrogens (primary N) is 2. The molecule has 3 aromatic rings. The van der Waals surface area contributed by atoms with Gasteiger partial charge in [0.25, 0.3) is 11.5 Å². The first-order valence-corrected chi connectivity index (χ1v) is 8.90. The SMILES string of the molecule is NC(=O)c1cc(C2CN(c3c(O)cc(N)cc3F)c3cc[nH]c(=O)c32)cs1. The first-order valence-electron chi connectivity index (χ1n) is 8.02. The summed E-state index contributed by atoms with van der Waals surface area (Å²) in [5, 5.41) is 12.0. The van der Waals surface area contributed by atoms with Crippen molar-refractivity contribution in [3.05, 3.63) is 68.0 Å². The van der Waals surface area contributed by atoms with Crippen molar-refractivity contribution in [1.82, 2.24) is 4.98 Å². The van der Waals surface area contributed by atoms with E-state index in [0.29, 0.717) is 16.1 Å². The van der Waals surface area contributed by atoms with Crippen molar-refractivity contribution in [3.63, 3.8) is 0 Å². The Bertz CT molecular complexity index is 1100. The smallest absolute Gasteiger partial charge is 0.258 e. The molecule has 1 atom stereocenters. The number of pyridine rings is 1. The molecule has 0 saturated carbocycles. The lowest BCUT2D eigenvalue weighted by Crippen LogP contribution is -2.18. The quantitative estimate of drug-likeness (QED) is 0.514. The second-order valence-electron chi connectivity index (χ2n) is 6.25. The van der Waals surface area contributed by atoms with Crippen LogP contribution in [0.2, 0.25) is 0 Å². The lowest BCUT2D eigenvalue weighted by molar-refractivity contribution is 0.100. The van der Waals surface area contributed by atoms with Crippen molar-refractivity contribution in [3.8, 4) is 5.75 Å². The molecule has 138 valence electrons. The van der Waals surface area contributed by atoms with Gasteiger partial charge in [-0.1, -0.05) is 0 Å². The summed E-state index contributed by atoms with van der Waals surface area (Å²) in [6.07, 6.45) is 1.46. The Morgan fingerprint density at radius 3 is 2.81 bits per heavy atom. The summed E-state index contributed by atoms with van der Waals surface area (Å²) >= 11 is 1.19. The zero-order valence-electron chi connectivity index (χ0n) is 13.9. The van der Waals surface area contributed by atoms with Crippen LogP contribution < -0.4 is 21.9 Å². The highest BCUT2D eigenvalue weighted by atomic mass is 32.1. The van der Waals surface area contributed by atoms with Crippen LogP contribution in [0.15, 0.2) is 40.6 Å². The lowest BCUT2D eigenvalue weighted by atomic mass is 9.96. The maximum absolute atomic E-state index is 14.6. The minimum absolute atomic E-state index is 0.0519. The molecule has 1 aromatic carbocycles. The van der Waals surface area contributed by atoms with Crippen molar-refractivity contribution in [2.45, 2.75) is 5.92 Å². The number of amides is 1. The predicted molar refractivity (Wildman–Crippen MR) is 101 cm³/mol. The predicted octanol–water partition coefficient (Wildman–Crippen LogP) is 2.25. The zero-order chi connectivity index (χ0) is 19.3. The third-order valence-corrected chi connectivity index (χ3v) is 5.54. The van der Waals surface area contributed by atoms with Gasteiger partial charge in [-0.05, 0) is 29.1 Å². The molecular formula is C18H15FN4O3S. The van der Waals surface area contributed by atoms with Crippen LogP contribution in [0.25, 0.3) is 0 Å². The number of nitrogens with zero attached hydrogens (tertiary/aromatic N) is 1. The Hall–Kier alpha value is -3.33. The number of nitrogen functional groups attached to an aromatic ring is 1. The molecule has 0 spiro atoms. The molecule has 4 rings (SSSR count). The molecule has 6 N–H and O–H groups in total. The van der Waals surface area contributed by atoms with Crippen LogP contribution in [0, 0.1) is 5.82 Å². The molecule has 1 amide bonds. The summed E-state index contributed by atoms with van der Waals surface area (Å²) in [4.78, 5) is 28.4. The second kappa shape index (κ2) is 6.13. The zero-order valence-corrected chi connectivity index (χ0v) is 14.7. The molecule has 7 nitrogen and oxygen atoms in total. The highest BCUT2D eigenvalue weighted by Crippen LogP contribution is 2.46. The number of phenols is 1. The van der Waals surface area contributed by atoms with Gasteiger partial charge in [-0.25, -0.2) is 4.39 Å². The Balaban J connectivity index is 1.87. The van der Waals surface area contributed by atoms with Crippen molar-refractivity contribution < 1.29 is 14.3 Å². The summed E-state index contributed by atoms with van der Waals surface area (Å²) in [6, 6.07) is 5.66. The number of benzene rings is 1. The summed E-state index contributed by atoms with van der Waals surface area (Å²) in [5.41, 5.74) is 12.3. The third-order valence-electron chi connectivity index (χ3n) is 4.58. The van der Waals surface area contributed by atoms with E-state index in [4.69, 9.17) is 11.5 Å². The van der Waals surface area contributed by atoms with E-state index in [1.807, 2.05) is 0 Å². The number of halogens is 1. The van der Waals surface area contributed by atoms with Gasteiger partial charge in [0.15, 0.2) is 5.82 Å². The van der Waals surface area contributed by atoms with Gasteiger partial charge in [-0.15, -0.1) is 11.3 Å². The Morgan fingerprint density at radius 2 is 2.15 bits per heavy atom. The molecule has 0 aliphatic carbocycles. The van der Waals surface area contributed by atoms with Gasteiger partial charge in [0.05, 0.1) is 16.1 Å². The normalized spacial score (nSPS) is 15.7. The number of carbonyl (C=O) groups is 1. The first kappa shape index (κ1) is 17.1. The number of anilines is 3. The number of aromatic hydroxyl groups is 1. The van der Waals surface area contributed by atoms with Gasteiger partial charge >= 0.3 is 0 Å². The summed E-state index contributed by atoms with van der Waals surface area (Å²) in [7, 11) is 0. The molecule has 27 heavy (non-hydrogen) atoms. The number of aromatic nitrogens is 1. The minimum atomic E-state index is -0.692. The molecule has 1 unspecified atom stereocenters. The number of phenolic OH excluding ortho intramolecular Hbond substituents is 1. The fourth-order valence-electron chi connectivity index (χ4n) is 3.44. The Morgan fingerprint density at radius 1 is 1.37 bits per heavy atom. The van der Waals surface area contributed by atoms with Crippen LogP contribution in [0.4, 0.5) is 21.5 Å². The number of fused-ring (bicyclic) bond motifs is 1. The van der Waals surface area contributed by atoms with Crippen LogP contribution >= 0.6 is 11.3 Å². The number of thiophene rings is 1. The van der Waals surface area contributed by atoms with E-state index in [1.165, 1.54) is 23.6 Å². The largest absolute Gasteiger partial charge is 0.506 e. The van der Waals surface area contributed by atoms with Crippen molar-refractivity contribution in [1.29, 1.82) is 0 Å². The van der Waals surface area contributed by atoms with E-state index in [0.717, 1.165) is 11.6 Å². The second-order valence-corrected chi connectivity index (χ2v) is 7.16. The van der Waals surface area contributed by atoms with Gasteiger partial charge in [-0.3, -0.25) is 9.59 Å². The molecule has 9 heteroatoms. The first-order chi connectivity index (χ1) is 12.9. The van der Waals surface area contributed by atoms with E-state index >= 15 is 0 Å². The van der Waals surface area contributed by atoms with Crippen LogP contribution in [-0.2, 0) is 0 Å². The van der Waals surface area contributed by atoms with E-state index < -0.39 is 17.6 Å². The lowest BCUT2D eigenvalue weighted by Gasteiger charge is -2.22. The third kappa shape index (κ3) is 2.72. The van der Waals surface area contributed by atoms with Gasteiger partial charge in [0.2, 0.25) is 0 Å². The summed E-state index contributed by atoms with van der Waals surface area (Å²) in [6.45, 7) is 0.214. The van der Waals surface area contributed by atoms with Gasteiger partial charge in [-0.2, -0.15) is 0 Å². The number of nitrogens with one attached hydrogen (secondary N) is 1. The number of hydrogen-bond donors (Lipinski definition) is 4. The van der Waals surface area contributed by atoms with E-state index in [-0.39, 0.29) is 29.2 Å². The van der Waals surface area contributed by atoms with Gasteiger partial charge in [0, 0.05) is 30.4 Å². The van der Waals surface area contributed by atoms with E-state index in [2.05, 4.69) is 4.98 Å². The maximum Gasteiger partial charge on any atom is 0.258 e. The molecule has 2 aromatic heterocycles. The maximum atomic E-state index is 14.6. The highest BCUT2D eigenvalue weighted by Gasteiger charge is 2.36. The molecule has 1 aliphatic rings. The molecule has 0 radical (unpaired) electrons. The number of rotatable bonds is 3. The van der Waals surface area contributed by atoms with E-state index in [9.17, 15) is 19.1 Å². The number of primary amides is 1. The Labute approximate surface area is 156 Å². The molecule has 0 bridgehead atoms. The number of aromatic amines is 1. The molecule has 0 fully saturated rings. The minimum Gasteiger partial charge on any atom is -0.506 e. The summed E-state index contributed by atoms with van der Waals surface area (Å²) in [5.74, 6) is -1.97. The van der Waals surface area contributed by atoms with Crippen molar-refractivity contribution in [2.75, 3.05) is 17.2 Å². The monoisotopic (exact) mass is 386 g/mol. The molecule has 3 heterocycles. The fraction of sp³-hybridized carbons (Fsp3) is 0.111. The number of hydrogen-bond acceptors (Lipinski definition) is 6. The van der Waals surface area contributed by atoms with Crippen LogP contribution in [0.5, 0.6) is 5.75 Å².